The summed E-state index contributed by atoms with van der Waals surface area (Å²) in [6, 6.07) is 12.7. The fraction of sp³-hybridized carbons (Fsp3) is 0.379. The number of benzene rings is 2. The van der Waals surface area contributed by atoms with Crippen molar-refractivity contribution in [2.45, 2.75) is 34.6 Å². The summed E-state index contributed by atoms with van der Waals surface area (Å²) in [6.45, 7) is 14.7. The number of thiol groups is 1. The number of carbonyl (C=O) groups is 1. The number of fused-ring (bicyclic) bond motifs is 2. The topological polar surface area (TPSA) is 48.5 Å². The van der Waals surface area contributed by atoms with Crippen LogP contribution in [0.1, 0.15) is 40.2 Å². The van der Waals surface area contributed by atoms with Crippen molar-refractivity contribution in [1.82, 2.24) is 9.89 Å². The van der Waals surface area contributed by atoms with Crippen molar-refractivity contribution >= 4 is 41.3 Å². The third-order valence-electron chi connectivity index (χ3n) is 6.29. The SMILES string of the molecule is C/C=C\C(=C\c1c2ccc(=[N+](CC)CC)cc-2oc2cc(N(CC)CC)ccc12)C(=O)NCCS. The van der Waals surface area contributed by atoms with E-state index in [-0.39, 0.29) is 5.91 Å². The fourth-order valence-corrected chi connectivity index (χ4v) is 4.53. The molecule has 0 unspecified atom stereocenters. The summed E-state index contributed by atoms with van der Waals surface area (Å²) in [4.78, 5) is 15.2. The van der Waals surface area contributed by atoms with E-state index >= 15 is 0 Å². The molecule has 0 atom stereocenters. The van der Waals surface area contributed by atoms with Gasteiger partial charge in [0.15, 0.2) is 0 Å². The Morgan fingerprint density at radius 1 is 1.09 bits per heavy atom. The number of carbonyl (C=O) groups excluding carboxylic acids is 1. The Morgan fingerprint density at radius 2 is 1.83 bits per heavy atom. The van der Waals surface area contributed by atoms with Crippen LogP contribution >= 0.6 is 12.6 Å². The van der Waals surface area contributed by atoms with E-state index in [9.17, 15) is 4.79 Å². The molecule has 5 nitrogen and oxygen atoms in total. The number of allylic oxidation sites excluding steroid dienone is 1. The summed E-state index contributed by atoms with van der Waals surface area (Å²) >= 11 is 4.22. The molecule has 0 spiro atoms. The molecular formula is C29H38N3O2S+. The van der Waals surface area contributed by atoms with E-state index in [2.05, 4.69) is 91.5 Å². The monoisotopic (exact) mass is 492 g/mol. The van der Waals surface area contributed by atoms with Crippen LogP contribution in [0, 0.1) is 0 Å². The fourth-order valence-electron chi connectivity index (χ4n) is 4.42. The highest BCUT2D eigenvalue weighted by Gasteiger charge is 2.18. The molecular weight excluding hydrogens is 454 g/mol. The van der Waals surface area contributed by atoms with Gasteiger partial charge in [0.05, 0.1) is 6.07 Å². The minimum atomic E-state index is -0.112. The Bertz CT molecular complexity index is 1260. The van der Waals surface area contributed by atoms with E-state index in [0.717, 1.165) is 65.1 Å². The molecule has 186 valence electrons. The third-order valence-corrected chi connectivity index (χ3v) is 6.52. The molecule has 0 bridgehead atoms. The Morgan fingerprint density at radius 3 is 2.46 bits per heavy atom. The zero-order valence-corrected chi connectivity index (χ0v) is 22.5. The van der Waals surface area contributed by atoms with Crippen LogP contribution in [0.15, 0.2) is 58.5 Å². The number of amides is 1. The lowest BCUT2D eigenvalue weighted by atomic mass is 9.96. The van der Waals surface area contributed by atoms with Gasteiger partial charge in [0.2, 0.25) is 5.36 Å². The van der Waals surface area contributed by atoms with E-state index in [4.69, 9.17) is 4.42 Å². The highest BCUT2D eigenvalue weighted by molar-refractivity contribution is 7.80. The van der Waals surface area contributed by atoms with E-state index in [1.807, 2.05) is 25.2 Å². The molecule has 0 aromatic heterocycles. The van der Waals surface area contributed by atoms with E-state index in [0.29, 0.717) is 17.9 Å². The molecule has 2 aliphatic rings. The first-order chi connectivity index (χ1) is 17.0. The van der Waals surface area contributed by atoms with Gasteiger partial charge in [-0.3, -0.25) is 4.79 Å². The summed E-state index contributed by atoms with van der Waals surface area (Å²) in [5, 5.41) is 5.05. The minimum absolute atomic E-state index is 0.112. The Labute approximate surface area is 214 Å². The highest BCUT2D eigenvalue weighted by Crippen LogP contribution is 2.36. The van der Waals surface area contributed by atoms with E-state index < -0.39 is 0 Å². The standard InChI is InChI=1S/C29H37N3O2S/c1-6-11-21(29(33)30-16-17-35)18-26-24-14-12-22(31(7-2)8-3)19-27(24)34-28-20-23(13-15-25(26)28)32(9-4)10-5/h6,11-15,18-20H,7-10,16-17H2,1-5H3,(H-,30,33,35)/p+1/b11-6-,21-18-. The van der Waals surface area contributed by atoms with Crippen LogP contribution in [0.2, 0.25) is 0 Å². The van der Waals surface area contributed by atoms with Crippen LogP contribution in [0.4, 0.5) is 5.69 Å². The van der Waals surface area contributed by atoms with Gasteiger partial charge in [-0.2, -0.15) is 12.6 Å². The molecule has 1 N–H and O–H groups in total. The molecule has 6 heteroatoms. The number of rotatable bonds is 10. The molecule has 1 aromatic rings. The van der Waals surface area contributed by atoms with Crippen molar-refractivity contribution < 1.29 is 9.21 Å². The first-order valence-electron chi connectivity index (χ1n) is 12.6. The highest BCUT2D eigenvalue weighted by atomic mass is 32.1. The third kappa shape index (κ3) is 5.99. The van der Waals surface area contributed by atoms with E-state index in [1.54, 1.807) is 0 Å². The number of hydrogen-bond donors (Lipinski definition) is 2. The van der Waals surface area contributed by atoms with Gasteiger partial charge in [-0.1, -0.05) is 12.2 Å². The summed E-state index contributed by atoms with van der Waals surface area (Å²) in [5.74, 6) is 1.28. The van der Waals surface area contributed by atoms with Crippen LogP contribution in [0.5, 0.6) is 0 Å². The second kappa shape index (κ2) is 12.6. The summed E-state index contributed by atoms with van der Waals surface area (Å²) in [6.07, 6.45) is 5.72. The lowest BCUT2D eigenvalue weighted by Crippen LogP contribution is -2.29. The zero-order chi connectivity index (χ0) is 25.4. The van der Waals surface area contributed by atoms with Crippen LogP contribution in [-0.2, 0) is 4.79 Å². The van der Waals surface area contributed by atoms with Crippen molar-refractivity contribution in [2.75, 3.05) is 43.4 Å². The van der Waals surface area contributed by atoms with Crippen molar-refractivity contribution in [3.8, 4) is 11.3 Å². The largest absolute Gasteiger partial charge is 0.456 e. The molecule has 1 amide bonds. The van der Waals surface area contributed by atoms with Crippen molar-refractivity contribution in [2.24, 2.45) is 0 Å². The van der Waals surface area contributed by atoms with Crippen LogP contribution < -0.4 is 20.1 Å². The maximum Gasteiger partial charge on any atom is 0.251 e. The quantitative estimate of drug-likeness (QED) is 0.134. The Kier molecular flexibility index (Phi) is 9.61. The molecule has 0 fully saturated rings. The second-order valence-corrected chi connectivity index (χ2v) is 8.75. The van der Waals surface area contributed by atoms with Crippen molar-refractivity contribution in [1.29, 1.82) is 0 Å². The molecule has 35 heavy (non-hydrogen) atoms. The maximum atomic E-state index is 12.9. The van der Waals surface area contributed by atoms with Gasteiger partial charge in [-0.15, -0.1) is 0 Å². The summed E-state index contributed by atoms with van der Waals surface area (Å²) in [5.41, 5.74) is 4.49. The Balaban J connectivity index is 2.36. The normalized spacial score (nSPS) is 12.0. The van der Waals surface area contributed by atoms with Crippen molar-refractivity contribution in [3.63, 3.8) is 0 Å². The van der Waals surface area contributed by atoms with Gasteiger partial charge in [0.25, 0.3) is 5.91 Å². The lowest BCUT2D eigenvalue weighted by Gasteiger charge is -2.22. The van der Waals surface area contributed by atoms with Gasteiger partial charge in [-0.25, -0.2) is 4.58 Å². The van der Waals surface area contributed by atoms with Gasteiger partial charge in [0, 0.05) is 59.7 Å². The predicted molar refractivity (Wildman–Crippen MR) is 152 cm³/mol. The molecule has 0 saturated carbocycles. The molecule has 0 radical (unpaired) electrons. The zero-order valence-electron chi connectivity index (χ0n) is 21.6. The smallest absolute Gasteiger partial charge is 0.251 e. The van der Waals surface area contributed by atoms with Crippen LogP contribution in [-0.4, -0.2) is 44.4 Å². The van der Waals surface area contributed by atoms with Crippen molar-refractivity contribution in [3.05, 3.63) is 65.0 Å². The number of hydrogen-bond acceptors (Lipinski definition) is 4. The molecule has 3 rings (SSSR count). The van der Waals surface area contributed by atoms with Crippen LogP contribution in [0.25, 0.3) is 28.4 Å². The summed E-state index contributed by atoms with van der Waals surface area (Å²) < 4.78 is 8.80. The van der Waals surface area contributed by atoms with Gasteiger partial charge < -0.3 is 14.6 Å². The average molecular weight is 493 g/mol. The van der Waals surface area contributed by atoms with E-state index in [1.165, 1.54) is 0 Å². The molecule has 1 aromatic carbocycles. The predicted octanol–water partition coefficient (Wildman–Crippen LogP) is 5.20. The van der Waals surface area contributed by atoms with Gasteiger partial charge >= 0.3 is 0 Å². The minimum Gasteiger partial charge on any atom is -0.456 e. The number of nitrogens with zero attached hydrogens (tertiary/aromatic N) is 2. The first kappa shape index (κ1) is 26.6. The number of nitrogens with one attached hydrogen (secondary N) is 1. The van der Waals surface area contributed by atoms with Crippen LogP contribution in [0.3, 0.4) is 0 Å². The molecule has 0 saturated heterocycles. The lowest BCUT2D eigenvalue weighted by molar-refractivity contribution is -0.117. The number of anilines is 1. The van der Waals surface area contributed by atoms with Gasteiger partial charge in [-0.05, 0) is 64.5 Å². The maximum absolute atomic E-state index is 12.9. The molecule has 1 aliphatic carbocycles. The molecule has 1 heterocycles. The first-order valence-corrected chi connectivity index (χ1v) is 13.2. The Hall–Kier alpha value is -2.99. The molecule has 1 aliphatic heterocycles. The average Bonchev–Trinajstić information content (AvgIpc) is 2.87. The van der Waals surface area contributed by atoms with Gasteiger partial charge in [0.1, 0.15) is 24.4 Å². The second-order valence-electron chi connectivity index (χ2n) is 8.30. The summed E-state index contributed by atoms with van der Waals surface area (Å²) in [7, 11) is 0.